The van der Waals surface area contributed by atoms with Crippen LogP contribution in [0.3, 0.4) is 0 Å². The number of allylic oxidation sites excluding steroid dienone is 4. The van der Waals surface area contributed by atoms with Gasteiger partial charge in [-0.25, -0.2) is 12.2 Å². The van der Waals surface area contributed by atoms with Crippen LogP contribution in [0.25, 0.3) is 21.5 Å². The van der Waals surface area contributed by atoms with Crippen LogP contribution in [0.5, 0.6) is 0 Å². The molecule has 148 valence electrons. The minimum absolute atomic E-state index is 0. The standard InChI is InChI=1S/C15H13.C5H5.C5H10.2ClH.Ti/c1-10-3-5-14-12(7-10)9-13-8-11(2)4-6-15(13)14;1-2-4-5-3-1;1-3-5-4-2;;;/h3-9H,1-2H3;1-3H,4H2;3-4H2,1-2H3;2*1H;/q2*-1;;;;+2/p-2. The van der Waals surface area contributed by atoms with Gasteiger partial charge in [0.1, 0.15) is 0 Å². The summed E-state index contributed by atoms with van der Waals surface area (Å²) in [6, 6.07) is 15.6. The van der Waals surface area contributed by atoms with Crippen LogP contribution in [-0.4, -0.2) is 3.81 Å². The summed E-state index contributed by atoms with van der Waals surface area (Å²) in [6.45, 7) is 8.67. The monoisotopic (exact) mass is 446 g/mol. The molecule has 0 aliphatic heterocycles. The minimum Gasteiger partial charge on any atom is -1.00 e. The van der Waals surface area contributed by atoms with Gasteiger partial charge in [0.15, 0.2) is 0 Å². The normalized spacial score (nSPS) is 11.1. The van der Waals surface area contributed by atoms with Gasteiger partial charge in [-0.05, 0) is 13.8 Å². The molecular formula is C25H28Cl2Ti-2. The van der Waals surface area contributed by atoms with Crippen molar-refractivity contribution in [2.24, 2.45) is 0 Å². The van der Waals surface area contributed by atoms with Gasteiger partial charge in [0.25, 0.3) is 0 Å². The molecule has 3 aromatic carbocycles. The predicted molar refractivity (Wildman–Crippen MR) is 114 cm³/mol. The molecule has 4 rings (SSSR count). The van der Waals surface area contributed by atoms with E-state index in [-0.39, 0.29) is 24.8 Å². The van der Waals surface area contributed by atoms with Gasteiger partial charge >= 0.3 is 50.5 Å². The molecule has 0 unspecified atom stereocenters. The van der Waals surface area contributed by atoms with E-state index in [1.54, 1.807) is 3.81 Å². The molecule has 0 spiro atoms. The summed E-state index contributed by atoms with van der Waals surface area (Å²) >= 11 is 2.19. The van der Waals surface area contributed by atoms with Crippen molar-refractivity contribution >= 4 is 25.4 Å². The zero-order valence-corrected chi connectivity index (χ0v) is 20.2. The molecule has 0 bridgehead atoms. The summed E-state index contributed by atoms with van der Waals surface area (Å²) in [4.78, 5) is 0. The second-order valence-electron chi connectivity index (χ2n) is 6.64. The van der Waals surface area contributed by atoms with Crippen molar-refractivity contribution < 1.29 is 44.8 Å². The maximum absolute atomic E-state index is 2.99. The number of hydrogen-bond donors (Lipinski definition) is 0. The van der Waals surface area contributed by atoms with Crippen LogP contribution in [0.2, 0.25) is 0 Å². The number of fused-ring (bicyclic) bond motifs is 3. The Morgan fingerprint density at radius 3 is 1.71 bits per heavy atom. The average Bonchev–Trinajstić information content (AvgIpc) is 3.31. The van der Waals surface area contributed by atoms with Gasteiger partial charge in [0, 0.05) is 0 Å². The number of benzene rings is 2. The van der Waals surface area contributed by atoms with Crippen molar-refractivity contribution in [3.8, 4) is 0 Å². The second-order valence-corrected chi connectivity index (χ2v) is 7.74. The van der Waals surface area contributed by atoms with E-state index in [0.29, 0.717) is 0 Å². The van der Waals surface area contributed by atoms with Gasteiger partial charge in [-0.1, -0.05) is 35.4 Å². The predicted octanol–water partition coefficient (Wildman–Crippen LogP) is 1.17. The Morgan fingerprint density at radius 2 is 1.43 bits per heavy atom. The van der Waals surface area contributed by atoms with E-state index in [1.165, 1.54) is 45.5 Å². The Hall–Kier alpha value is -1.05. The Morgan fingerprint density at radius 1 is 0.929 bits per heavy atom. The fourth-order valence-corrected chi connectivity index (χ4v) is 2.85. The zero-order valence-electron chi connectivity index (χ0n) is 17.2. The first kappa shape index (κ1) is 27.0. The van der Waals surface area contributed by atoms with E-state index in [9.17, 15) is 0 Å². The first-order valence-corrected chi connectivity index (χ1v) is 10.2. The van der Waals surface area contributed by atoms with Gasteiger partial charge < -0.3 is 24.8 Å². The van der Waals surface area contributed by atoms with Crippen molar-refractivity contribution in [1.29, 1.82) is 0 Å². The molecule has 0 N–H and O–H groups in total. The third kappa shape index (κ3) is 8.14. The fourth-order valence-electron chi connectivity index (χ4n) is 2.85. The summed E-state index contributed by atoms with van der Waals surface area (Å²) in [5, 5.41) is 5.46. The van der Waals surface area contributed by atoms with Crippen molar-refractivity contribution in [3.63, 3.8) is 0 Å². The first-order chi connectivity index (χ1) is 12.5. The molecule has 1 aliphatic carbocycles. The van der Waals surface area contributed by atoms with Crippen molar-refractivity contribution in [3.05, 3.63) is 77.9 Å². The summed E-state index contributed by atoms with van der Waals surface area (Å²) in [5.41, 5.74) is 2.66. The summed E-state index contributed by atoms with van der Waals surface area (Å²) in [5.74, 6) is 0. The Labute approximate surface area is 194 Å². The SMILES string of the molecule is CC[C](=[Ti+2])CC.Cc1ccc2c(c1)[cH-]c1cc(C)ccc12.[C-]1=CC=CC1.[Cl-].[Cl-]. The van der Waals surface area contributed by atoms with E-state index >= 15 is 0 Å². The summed E-state index contributed by atoms with van der Waals surface area (Å²) in [7, 11) is 0. The fraction of sp³-hybridized carbons (Fsp3) is 0.280. The van der Waals surface area contributed by atoms with Crippen molar-refractivity contribution in [2.45, 2.75) is 47.0 Å². The van der Waals surface area contributed by atoms with Crippen LogP contribution in [0.4, 0.5) is 0 Å². The largest absolute Gasteiger partial charge is 1.00 e. The smallest absolute Gasteiger partial charge is 0.0469 e. The molecule has 3 heteroatoms. The molecule has 0 aromatic heterocycles. The zero-order chi connectivity index (χ0) is 18.9. The van der Waals surface area contributed by atoms with E-state index in [1.807, 2.05) is 12.2 Å². The number of aryl methyl sites for hydroxylation is 2. The quantitative estimate of drug-likeness (QED) is 0.409. The third-order valence-corrected chi connectivity index (χ3v) is 5.56. The van der Waals surface area contributed by atoms with Gasteiger partial charge in [-0.15, -0.1) is 46.2 Å². The van der Waals surface area contributed by atoms with Gasteiger partial charge in [-0.3, -0.25) is 6.08 Å². The van der Waals surface area contributed by atoms with E-state index in [2.05, 4.69) is 102 Å². The third-order valence-electron chi connectivity index (χ3n) is 4.45. The van der Waals surface area contributed by atoms with E-state index in [4.69, 9.17) is 0 Å². The Bertz CT molecular complexity index is 860. The molecule has 0 saturated carbocycles. The van der Waals surface area contributed by atoms with E-state index in [0.717, 1.165) is 6.42 Å². The van der Waals surface area contributed by atoms with Crippen LogP contribution in [0.15, 0.2) is 60.7 Å². The Kier molecular flexibility index (Phi) is 13.5. The molecule has 28 heavy (non-hydrogen) atoms. The first-order valence-electron chi connectivity index (χ1n) is 9.39. The second kappa shape index (κ2) is 14.0. The van der Waals surface area contributed by atoms with Crippen LogP contribution < -0.4 is 24.8 Å². The Balaban J connectivity index is 0.000000473. The summed E-state index contributed by atoms with van der Waals surface area (Å²) in [6.07, 6.45) is 12.5. The van der Waals surface area contributed by atoms with Gasteiger partial charge in [-0.2, -0.15) is 6.08 Å². The molecule has 0 radical (unpaired) electrons. The van der Waals surface area contributed by atoms with Crippen LogP contribution in [0.1, 0.15) is 44.2 Å². The van der Waals surface area contributed by atoms with Crippen LogP contribution >= 0.6 is 0 Å². The van der Waals surface area contributed by atoms with E-state index < -0.39 is 0 Å². The molecule has 0 amide bonds. The van der Waals surface area contributed by atoms with Crippen LogP contribution in [0, 0.1) is 19.9 Å². The number of rotatable bonds is 2. The molecule has 0 heterocycles. The maximum atomic E-state index is 2.99. The molecule has 3 aromatic rings. The van der Waals surface area contributed by atoms with Crippen molar-refractivity contribution in [2.75, 3.05) is 0 Å². The molecular weight excluding hydrogens is 419 g/mol. The topological polar surface area (TPSA) is 0 Å². The van der Waals surface area contributed by atoms with Gasteiger partial charge in [0.2, 0.25) is 0 Å². The minimum atomic E-state index is 0. The summed E-state index contributed by atoms with van der Waals surface area (Å²) < 4.78 is 1.59. The molecule has 0 nitrogen and oxygen atoms in total. The number of halogens is 2. The number of hydrogen-bond acceptors (Lipinski definition) is 0. The molecule has 0 saturated heterocycles. The maximum Gasteiger partial charge on any atom is -0.0469 e. The molecule has 0 fully saturated rings. The van der Waals surface area contributed by atoms with Gasteiger partial charge in [0.05, 0.1) is 0 Å². The van der Waals surface area contributed by atoms with Crippen molar-refractivity contribution in [1.82, 2.24) is 0 Å². The molecule has 0 atom stereocenters. The van der Waals surface area contributed by atoms with Crippen LogP contribution in [-0.2, 0) is 20.0 Å². The average molecular weight is 447 g/mol. The molecule has 1 aliphatic rings.